The molecule has 2 rings (SSSR count). The lowest BCUT2D eigenvalue weighted by Gasteiger charge is -2.12. The summed E-state index contributed by atoms with van der Waals surface area (Å²) >= 11 is 3.07. The molecule has 2 aromatic rings. The number of hydrogen-bond donors (Lipinski definition) is 1. The molecule has 0 fully saturated rings. The topological polar surface area (TPSA) is 61.5 Å². The number of anilines is 1. The van der Waals surface area contributed by atoms with E-state index >= 15 is 0 Å². The first-order chi connectivity index (χ1) is 10.0. The van der Waals surface area contributed by atoms with Crippen molar-refractivity contribution in [2.75, 3.05) is 12.8 Å². The fourth-order valence-corrected chi connectivity index (χ4v) is 2.07. The van der Waals surface area contributed by atoms with E-state index in [4.69, 9.17) is 15.2 Å². The highest BCUT2D eigenvalue weighted by Gasteiger charge is 2.15. The van der Waals surface area contributed by atoms with Gasteiger partial charge in [0.05, 0.1) is 17.1 Å². The van der Waals surface area contributed by atoms with Crippen LogP contribution < -0.4 is 10.5 Å². The number of hydrogen-bond acceptors (Lipinski definition) is 4. The van der Waals surface area contributed by atoms with Crippen LogP contribution in [0.25, 0.3) is 0 Å². The molecule has 21 heavy (non-hydrogen) atoms. The van der Waals surface area contributed by atoms with Crippen molar-refractivity contribution >= 4 is 27.6 Å². The number of rotatable bonds is 4. The normalized spacial score (nSPS) is 10.2. The van der Waals surface area contributed by atoms with Crippen LogP contribution in [0.1, 0.15) is 15.9 Å². The third-order valence-electron chi connectivity index (χ3n) is 2.86. The third-order valence-corrected chi connectivity index (χ3v) is 3.50. The quantitative estimate of drug-likeness (QED) is 0.674. The number of nitrogen functional groups attached to an aromatic ring is 1. The average Bonchev–Trinajstić information content (AvgIpc) is 2.48. The first kappa shape index (κ1) is 15.3. The van der Waals surface area contributed by atoms with Crippen molar-refractivity contribution in [2.45, 2.75) is 6.61 Å². The summed E-state index contributed by atoms with van der Waals surface area (Å²) in [6.07, 6.45) is 0. The molecule has 110 valence electrons. The van der Waals surface area contributed by atoms with Crippen LogP contribution in [-0.4, -0.2) is 13.1 Å². The maximum atomic E-state index is 13.4. The first-order valence-corrected chi connectivity index (χ1v) is 6.85. The van der Waals surface area contributed by atoms with Crippen LogP contribution in [0.2, 0.25) is 0 Å². The fraction of sp³-hybridized carbons (Fsp3) is 0.133. The predicted molar refractivity (Wildman–Crippen MR) is 80.6 cm³/mol. The van der Waals surface area contributed by atoms with E-state index in [2.05, 4.69) is 15.9 Å². The minimum atomic E-state index is -0.534. The molecule has 0 radical (unpaired) electrons. The van der Waals surface area contributed by atoms with Crippen molar-refractivity contribution < 1.29 is 18.7 Å². The number of halogens is 2. The van der Waals surface area contributed by atoms with Crippen LogP contribution >= 0.6 is 15.9 Å². The van der Waals surface area contributed by atoms with Crippen LogP contribution in [0.5, 0.6) is 5.75 Å². The van der Waals surface area contributed by atoms with Crippen LogP contribution in [0.4, 0.5) is 10.1 Å². The van der Waals surface area contributed by atoms with Gasteiger partial charge in [0, 0.05) is 17.3 Å². The van der Waals surface area contributed by atoms with E-state index in [0.717, 1.165) is 0 Å². The molecule has 0 unspecified atom stereocenters. The Morgan fingerprint density at radius 1 is 1.33 bits per heavy atom. The lowest BCUT2D eigenvalue weighted by atomic mass is 10.1. The molecule has 0 saturated carbocycles. The Kier molecular flexibility index (Phi) is 4.80. The van der Waals surface area contributed by atoms with Gasteiger partial charge in [0.1, 0.15) is 18.2 Å². The molecule has 0 saturated heterocycles. The molecule has 0 amide bonds. The number of nitrogens with two attached hydrogens (primary N) is 1. The number of carbonyl (C=O) groups excluding carboxylic acids is 1. The van der Waals surface area contributed by atoms with E-state index in [-0.39, 0.29) is 12.2 Å². The summed E-state index contributed by atoms with van der Waals surface area (Å²) in [5.41, 5.74) is 6.93. The second-order valence-corrected chi connectivity index (χ2v) is 5.09. The molecule has 6 heteroatoms. The zero-order valence-corrected chi connectivity index (χ0v) is 12.8. The molecule has 0 aliphatic heterocycles. The molecule has 2 N–H and O–H groups in total. The van der Waals surface area contributed by atoms with Crippen molar-refractivity contribution in [3.8, 4) is 5.75 Å². The Labute approximate surface area is 129 Å². The summed E-state index contributed by atoms with van der Waals surface area (Å²) in [4.78, 5) is 11.7. The highest BCUT2D eigenvalue weighted by Crippen LogP contribution is 2.23. The number of methoxy groups -OCH3 is 1. The zero-order valence-electron chi connectivity index (χ0n) is 11.2. The van der Waals surface area contributed by atoms with Gasteiger partial charge in [-0.05, 0) is 34.1 Å². The van der Waals surface area contributed by atoms with E-state index in [0.29, 0.717) is 21.5 Å². The Balaban J connectivity index is 2.22. The smallest absolute Gasteiger partial charge is 0.340 e. The van der Waals surface area contributed by atoms with Gasteiger partial charge in [0.2, 0.25) is 0 Å². The van der Waals surface area contributed by atoms with Crippen LogP contribution in [0.15, 0.2) is 40.9 Å². The Hall–Kier alpha value is -2.08. The van der Waals surface area contributed by atoms with Gasteiger partial charge in [-0.2, -0.15) is 0 Å². The maximum Gasteiger partial charge on any atom is 0.340 e. The third kappa shape index (κ3) is 3.52. The van der Waals surface area contributed by atoms with Gasteiger partial charge in [-0.25, -0.2) is 9.18 Å². The Morgan fingerprint density at radius 2 is 2.10 bits per heavy atom. The molecule has 2 aromatic carbocycles. The second-order valence-electron chi connectivity index (χ2n) is 4.24. The van der Waals surface area contributed by atoms with Crippen molar-refractivity contribution in [2.24, 2.45) is 0 Å². The Bertz CT molecular complexity index is 676. The summed E-state index contributed by atoms with van der Waals surface area (Å²) in [6.45, 7) is 0.0799. The molecule has 4 nitrogen and oxygen atoms in total. The Morgan fingerprint density at radius 3 is 2.76 bits per heavy atom. The predicted octanol–water partition coefficient (Wildman–Crippen LogP) is 3.54. The first-order valence-electron chi connectivity index (χ1n) is 6.06. The summed E-state index contributed by atoms with van der Waals surface area (Å²) in [6, 6.07) is 9.45. The maximum absolute atomic E-state index is 13.4. The van der Waals surface area contributed by atoms with Gasteiger partial charge in [-0.3, -0.25) is 0 Å². The number of esters is 1. The summed E-state index contributed by atoms with van der Waals surface area (Å²) < 4.78 is 24.0. The SMILES string of the molecule is COC(=O)c1c(N)cccc1COc1ccc(Br)c(F)c1. The molecule has 0 heterocycles. The standard InChI is InChI=1S/C15H13BrFNO3/c1-20-15(19)14-9(3-2-4-13(14)18)8-21-10-5-6-11(16)12(17)7-10/h2-7H,8,18H2,1H3. The lowest BCUT2D eigenvalue weighted by Crippen LogP contribution is -2.11. The van der Waals surface area contributed by atoms with Gasteiger partial charge in [0.25, 0.3) is 0 Å². The van der Waals surface area contributed by atoms with Gasteiger partial charge in [-0.15, -0.1) is 0 Å². The summed E-state index contributed by atoms with van der Waals surface area (Å²) in [5.74, 6) is -0.601. The van der Waals surface area contributed by atoms with Gasteiger partial charge in [0.15, 0.2) is 0 Å². The molecule has 0 atom stereocenters. The molecule has 0 spiro atoms. The highest BCUT2D eigenvalue weighted by atomic mass is 79.9. The number of ether oxygens (including phenoxy) is 2. The van der Waals surface area contributed by atoms with Crippen molar-refractivity contribution in [3.05, 3.63) is 57.8 Å². The van der Waals surface area contributed by atoms with Crippen molar-refractivity contribution in [1.82, 2.24) is 0 Å². The largest absolute Gasteiger partial charge is 0.489 e. The van der Waals surface area contributed by atoms with E-state index in [1.807, 2.05) is 0 Å². The monoisotopic (exact) mass is 353 g/mol. The molecular formula is C15H13BrFNO3. The fourth-order valence-electron chi connectivity index (χ4n) is 1.82. The van der Waals surface area contributed by atoms with Crippen LogP contribution in [0, 0.1) is 5.82 Å². The van der Waals surface area contributed by atoms with Gasteiger partial charge in [-0.1, -0.05) is 12.1 Å². The summed E-state index contributed by atoms with van der Waals surface area (Å²) in [7, 11) is 1.28. The van der Waals surface area contributed by atoms with Crippen molar-refractivity contribution in [1.29, 1.82) is 0 Å². The molecule has 0 aliphatic rings. The van der Waals surface area contributed by atoms with E-state index in [1.54, 1.807) is 30.3 Å². The van der Waals surface area contributed by atoms with Gasteiger partial charge >= 0.3 is 5.97 Å². The second kappa shape index (κ2) is 6.58. The highest BCUT2D eigenvalue weighted by molar-refractivity contribution is 9.10. The van der Waals surface area contributed by atoms with E-state index < -0.39 is 11.8 Å². The average molecular weight is 354 g/mol. The van der Waals surface area contributed by atoms with E-state index in [9.17, 15) is 9.18 Å². The zero-order chi connectivity index (χ0) is 15.4. The molecular weight excluding hydrogens is 341 g/mol. The minimum Gasteiger partial charge on any atom is -0.489 e. The molecule has 0 aromatic heterocycles. The van der Waals surface area contributed by atoms with E-state index in [1.165, 1.54) is 13.2 Å². The minimum absolute atomic E-state index is 0.0799. The van der Waals surface area contributed by atoms with Gasteiger partial charge < -0.3 is 15.2 Å². The van der Waals surface area contributed by atoms with Crippen LogP contribution in [-0.2, 0) is 11.3 Å². The number of carbonyl (C=O) groups is 1. The van der Waals surface area contributed by atoms with Crippen molar-refractivity contribution in [3.63, 3.8) is 0 Å². The summed E-state index contributed by atoms with van der Waals surface area (Å²) in [5, 5.41) is 0. The number of benzene rings is 2. The van der Waals surface area contributed by atoms with Crippen LogP contribution in [0.3, 0.4) is 0 Å². The lowest BCUT2D eigenvalue weighted by molar-refractivity contribution is 0.0599. The molecule has 0 aliphatic carbocycles. The molecule has 0 bridgehead atoms.